The topological polar surface area (TPSA) is 69.6 Å². The van der Waals surface area contributed by atoms with Crippen LogP contribution in [0.3, 0.4) is 0 Å². The van der Waals surface area contributed by atoms with Crippen molar-refractivity contribution in [2.75, 3.05) is 25.1 Å². The number of carbonyl (C=O) groups excluding carboxylic acids is 2. The summed E-state index contributed by atoms with van der Waals surface area (Å²) in [6, 6.07) is 8.04. The molecule has 0 bridgehead atoms. The molecule has 3 rings (SSSR count). The molecule has 1 saturated heterocycles. The molecule has 2 aromatic heterocycles. The minimum atomic E-state index is -0.334. The quantitative estimate of drug-likeness (QED) is 0.795. The van der Waals surface area contributed by atoms with Crippen molar-refractivity contribution in [3.63, 3.8) is 0 Å². The van der Waals surface area contributed by atoms with Gasteiger partial charge in [0.1, 0.15) is 0 Å². The second-order valence-corrected chi connectivity index (χ2v) is 8.03. The van der Waals surface area contributed by atoms with E-state index in [1.165, 1.54) is 0 Å². The molecule has 2 amide bonds. The summed E-state index contributed by atoms with van der Waals surface area (Å²) >= 11 is 4.16. The Morgan fingerprint density at radius 3 is 2.61 bits per heavy atom. The predicted molar refractivity (Wildman–Crippen MR) is 97.1 cm³/mol. The van der Waals surface area contributed by atoms with E-state index in [4.69, 9.17) is 5.11 Å². The van der Waals surface area contributed by atoms with Gasteiger partial charge in [0, 0.05) is 28.2 Å². The molecule has 23 heavy (non-hydrogen) atoms. The molecule has 1 aliphatic rings. The van der Waals surface area contributed by atoms with Gasteiger partial charge in [-0.15, -0.1) is 22.7 Å². The van der Waals surface area contributed by atoms with Gasteiger partial charge in [-0.2, -0.15) is 0 Å². The standard InChI is InChI=1S/C15H14N2O3S3/c1-17(6-7-18)13-5-4-11(22-13)10-3-2-9(21-10)8-12-14(19)16-15(20)23-12/h2-5,8,18H,6-7H2,1H3,(H,16,19,20)/b12-8-. The van der Waals surface area contributed by atoms with Gasteiger partial charge in [-0.25, -0.2) is 0 Å². The van der Waals surface area contributed by atoms with Crippen LogP contribution in [0.5, 0.6) is 0 Å². The number of hydrogen-bond acceptors (Lipinski definition) is 7. The van der Waals surface area contributed by atoms with Crippen LogP contribution >= 0.6 is 34.4 Å². The van der Waals surface area contributed by atoms with E-state index in [9.17, 15) is 9.59 Å². The van der Waals surface area contributed by atoms with Crippen LogP contribution in [0.4, 0.5) is 9.80 Å². The van der Waals surface area contributed by atoms with Crippen LogP contribution in [0.1, 0.15) is 4.88 Å². The molecule has 0 spiro atoms. The van der Waals surface area contributed by atoms with Crippen LogP contribution in [0.25, 0.3) is 15.8 Å². The normalized spacial score (nSPS) is 16.2. The number of imide groups is 1. The number of aliphatic hydroxyl groups is 1. The summed E-state index contributed by atoms with van der Waals surface area (Å²) in [5, 5.41) is 12.0. The molecule has 5 nitrogen and oxygen atoms in total. The summed E-state index contributed by atoms with van der Waals surface area (Å²) in [5.74, 6) is -0.334. The molecule has 0 aliphatic carbocycles. The van der Waals surface area contributed by atoms with E-state index in [1.807, 2.05) is 30.1 Å². The molecule has 0 radical (unpaired) electrons. The Labute approximate surface area is 145 Å². The Balaban J connectivity index is 1.78. The molecule has 120 valence electrons. The minimum absolute atomic E-state index is 0.124. The average Bonchev–Trinajstić information content (AvgIpc) is 3.20. The Morgan fingerprint density at radius 1 is 1.17 bits per heavy atom. The zero-order valence-electron chi connectivity index (χ0n) is 12.2. The van der Waals surface area contributed by atoms with Crippen LogP contribution in [0, 0.1) is 0 Å². The SMILES string of the molecule is CN(CCO)c1ccc(-c2ccc(/C=C3\SC(=O)NC3=O)s2)s1. The first kappa shape index (κ1) is 16.3. The molecule has 1 fully saturated rings. The third-order valence-corrected chi connectivity index (χ3v) is 6.43. The molecular formula is C15H14N2O3S3. The summed E-state index contributed by atoms with van der Waals surface area (Å²) in [5.41, 5.74) is 0. The average molecular weight is 366 g/mol. The van der Waals surface area contributed by atoms with E-state index < -0.39 is 0 Å². The fraction of sp³-hybridized carbons (Fsp3) is 0.200. The third-order valence-electron chi connectivity index (χ3n) is 3.19. The highest BCUT2D eigenvalue weighted by molar-refractivity contribution is 8.18. The summed E-state index contributed by atoms with van der Waals surface area (Å²) in [6.07, 6.45) is 1.74. The molecule has 2 aromatic rings. The highest BCUT2D eigenvalue weighted by Crippen LogP contribution is 2.38. The Hall–Kier alpha value is -1.61. The maximum Gasteiger partial charge on any atom is 0.290 e. The second-order valence-electron chi connectivity index (χ2n) is 4.84. The van der Waals surface area contributed by atoms with E-state index >= 15 is 0 Å². The van der Waals surface area contributed by atoms with Crippen LogP contribution < -0.4 is 10.2 Å². The molecule has 0 aromatic carbocycles. The van der Waals surface area contributed by atoms with Gasteiger partial charge in [0.15, 0.2) is 0 Å². The van der Waals surface area contributed by atoms with Crippen molar-refractivity contribution >= 4 is 56.7 Å². The van der Waals surface area contributed by atoms with E-state index in [-0.39, 0.29) is 17.8 Å². The first-order chi connectivity index (χ1) is 11.1. The van der Waals surface area contributed by atoms with Crippen LogP contribution in [-0.4, -0.2) is 36.5 Å². The molecule has 0 unspecified atom stereocenters. The number of amides is 2. The lowest BCUT2D eigenvalue weighted by Gasteiger charge is -2.14. The predicted octanol–water partition coefficient (Wildman–Crippen LogP) is 3.23. The lowest BCUT2D eigenvalue weighted by molar-refractivity contribution is -0.115. The number of carbonyl (C=O) groups is 2. The first-order valence-electron chi connectivity index (χ1n) is 6.83. The highest BCUT2D eigenvalue weighted by Gasteiger charge is 2.25. The number of hydrogen-bond donors (Lipinski definition) is 2. The Kier molecular flexibility index (Phi) is 4.86. The number of likely N-dealkylation sites (N-methyl/N-ethyl adjacent to an activating group) is 1. The molecular weight excluding hydrogens is 352 g/mol. The summed E-state index contributed by atoms with van der Waals surface area (Å²) in [6.45, 7) is 0.723. The number of aliphatic hydroxyl groups excluding tert-OH is 1. The molecule has 8 heteroatoms. The van der Waals surface area contributed by atoms with Crippen molar-refractivity contribution in [1.29, 1.82) is 0 Å². The maximum atomic E-state index is 11.6. The molecule has 2 N–H and O–H groups in total. The Bertz CT molecular complexity index is 779. The summed E-state index contributed by atoms with van der Waals surface area (Å²) < 4.78 is 0. The fourth-order valence-corrected chi connectivity index (χ4v) is 4.82. The fourth-order valence-electron chi connectivity index (χ4n) is 2.04. The molecule has 0 atom stereocenters. The molecule has 1 aliphatic heterocycles. The van der Waals surface area contributed by atoms with Gasteiger partial charge in [0.2, 0.25) is 0 Å². The van der Waals surface area contributed by atoms with Gasteiger partial charge < -0.3 is 10.0 Å². The summed E-state index contributed by atoms with van der Waals surface area (Å²) in [7, 11) is 1.95. The number of rotatable bonds is 5. The van der Waals surface area contributed by atoms with Crippen molar-refractivity contribution in [2.24, 2.45) is 0 Å². The van der Waals surface area contributed by atoms with Gasteiger partial charge in [-0.05, 0) is 42.1 Å². The molecule has 0 saturated carbocycles. The van der Waals surface area contributed by atoms with E-state index in [1.54, 1.807) is 28.7 Å². The first-order valence-corrected chi connectivity index (χ1v) is 9.28. The number of nitrogens with one attached hydrogen (secondary N) is 1. The van der Waals surface area contributed by atoms with E-state index in [0.29, 0.717) is 11.4 Å². The van der Waals surface area contributed by atoms with Crippen molar-refractivity contribution in [1.82, 2.24) is 5.32 Å². The zero-order chi connectivity index (χ0) is 16.4. The zero-order valence-corrected chi connectivity index (χ0v) is 14.7. The van der Waals surface area contributed by atoms with Crippen LogP contribution in [0.2, 0.25) is 0 Å². The number of nitrogens with zero attached hydrogens (tertiary/aromatic N) is 1. The molecule has 3 heterocycles. The van der Waals surface area contributed by atoms with Crippen LogP contribution in [-0.2, 0) is 4.79 Å². The summed E-state index contributed by atoms with van der Waals surface area (Å²) in [4.78, 5) is 28.4. The number of thioether (sulfide) groups is 1. The van der Waals surface area contributed by atoms with Gasteiger partial charge in [-0.3, -0.25) is 14.9 Å². The lowest BCUT2D eigenvalue weighted by atomic mass is 10.3. The number of anilines is 1. The van der Waals surface area contributed by atoms with E-state index in [0.717, 1.165) is 31.4 Å². The van der Waals surface area contributed by atoms with Crippen molar-refractivity contribution < 1.29 is 14.7 Å². The van der Waals surface area contributed by atoms with E-state index in [2.05, 4.69) is 11.4 Å². The largest absolute Gasteiger partial charge is 0.395 e. The Morgan fingerprint density at radius 2 is 1.91 bits per heavy atom. The maximum absolute atomic E-state index is 11.6. The lowest BCUT2D eigenvalue weighted by Crippen LogP contribution is -2.19. The van der Waals surface area contributed by atoms with Gasteiger partial charge >= 0.3 is 0 Å². The highest BCUT2D eigenvalue weighted by atomic mass is 32.2. The minimum Gasteiger partial charge on any atom is -0.395 e. The van der Waals surface area contributed by atoms with Gasteiger partial charge in [0.05, 0.1) is 16.5 Å². The monoisotopic (exact) mass is 366 g/mol. The van der Waals surface area contributed by atoms with Crippen molar-refractivity contribution in [2.45, 2.75) is 0 Å². The smallest absolute Gasteiger partial charge is 0.290 e. The van der Waals surface area contributed by atoms with Crippen molar-refractivity contribution in [3.05, 3.63) is 34.0 Å². The number of thiophene rings is 2. The second kappa shape index (κ2) is 6.88. The van der Waals surface area contributed by atoms with Crippen LogP contribution in [0.15, 0.2) is 29.2 Å². The van der Waals surface area contributed by atoms with Gasteiger partial charge in [0.25, 0.3) is 11.1 Å². The van der Waals surface area contributed by atoms with Crippen molar-refractivity contribution in [3.8, 4) is 9.75 Å². The third kappa shape index (κ3) is 3.66. The van der Waals surface area contributed by atoms with Gasteiger partial charge in [-0.1, -0.05) is 0 Å².